The number of carbonyl (C=O) groups is 1. The molecule has 0 heterocycles. The van der Waals surface area contributed by atoms with Crippen molar-refractivity contribution in [2.75, 3.05) is 12.9 Å². The zero-order valence-electron chi connectivity index (χ0n) is 18.3. The van der Waals surface area contributed by atoms with Gasteiger partial charge < -0.3 is 14.4 Å². The molecule has 0 saturated heterocycles. The van der Waals surface area contributed by atoms with Crippen LogP contribution >= 0.6 is 0 Å². The monoisotopic (exact) mass is 490 g/mol. The fourth-order valence-corrected chi connectivity index (χ4v) is 4.42. The number of phenolic OH excluding ortho intramolecular Hbond substituents is 1. The first-order chi connectivity index (χ1) is 15.7. The lowest BCUT2D eigenvalue weighted by Gasteiger charge is -2.06. The molecule has 0 saturated carbocycles. The van der Waals surface area contributed by atoms with Crippen molar-refractivity contribution in [3.05, 3.63) is 95.6 Å². The highest BCUT2D eigenvalue weighted by atomic mass is 32.3. The van der Waals surface area contributed by atoms with Gasteiger partial charge in [0.15, 0.2) is 4.90 Å². The van der Waals surface area contributed by atoms with Gasteiger partial charge in [0, 0.05) is 16.5 Å². The quantitative estimate of drug-likeness (QED) is 0.219. The molecule has 3 aromatic carbocycles. The van der Waals surface area contributed by atoms with Crippen molar-refractivity contribution in [2.24, 2.45) is 0 Å². The molecule has 0 amide bonds. The van der Waals surface area contributed by atoms with Crippen molar-refractivity contribution in [3.8, 4) is 5.75 Å². The predicted octanol–water partition coefficient (Wildman–Crippen LogP) is 4.04. The number of aromatic hydroxyl groups is 1. The van der Waals surface area contributed by atoms with Crippen molar-refractivity contribution in [3.63, 3.8) is 0 Å². The number of hydrogen-bond acceptors (Lipinski definition) is 7. The first-order valence-electron chi connectivity index (χ1n) is 9.99. The molecule has 1 unspecified atom stereocenters. The largest absolute Gasteiger partial charge is 0.726 e. The van der Waals surface area contributed by atoms with Crippen LogP contribution in [0.3, 0.4) is 0 Å². The van der Waals surface area contributed by atoms with Gasteiger partial charge in [0.1, 0.15) is 17.8 Å². The molecule has 0 aromatic heterocycles. The summed E-state index contributed by atoms with van der Waals surface area (Å²) >= 11 is 0. The normalized spacial score (nSPS) is 11.7. The van der Waals surface area contributed by atoms with E-state index in [1.807, 2.05) is 24.3 Å². The van der Waals surface area contributed by atoms with Crippen LogP contribution in [0.4, 0.5) is 0 Å². The van der Waals surface area contributed by atoms with Gasteiger partial charge in [0.2, 0.25) is 10.4 Å². The van der Waals surface area contributed by atoms with Gasteiger partial charge in [-0.05, 0) is 48.9 Å². The van der Waals surface area contributed by atoms with E-state index in [0.717, 1.165) is 5.75 Å². The summed E-state index contributed by atoms with van der Waals surface area (Å²) in [5.74, 6) is 0.918. The van der Waals surface area contributed by atoms with E-state index in [1.165, 1.54) is 10.5 Å². The summed E-state index contributed by atoms with van der Waals surface area (Å²) in [6.45, 7) is 1.99. The van der Waals surface area contributed by atoms with E-state index in [1.54, 1.807) is 61.5 Å². The summed E-state index contributed by atoms with van der Waals surface area (Å²) in [4.78, 5) is 12.8. The van der Waals surface area contributed by atoms with Gasteiger partial charge in [0.25, 0.3) is 0 Å². The molecule has 7 nitrogen and oxygen atoms in total. The van der Waals surface area contributed by atoms with Gasteiger partial charge in [-0.1, -0.05) is 42.5 Å². The van der Waals surface area contributed by atoms with Gasteiger partial charge in [-0.25, -0.2) is 13.2 Å². The lowest BCUT2D eigenvalue weighted by Crippen LogP contribution is -2.06. The Labute approximate surface area is 197 Å². The Morgan fingerprint density at radius 1 is 0.939 bits per heavy atom. The fourth-order valence-electron chi connectivity index (χ4n) is 2.68. The molecule has 176 valence electrons. The maximum atomic E-state index is 11.6. The molecular formula is C24H26O7S2. The van der Waals surface area contributed by atoms with Gasteiger partial charge in [-0.15, -0.1) is 0 Å². The molecule has 1 N–H and O–H groups in total. The minimum Gasteiger partial charge on any atom is -0.726 e. The van der Waals surface area contributed by atoms with Crippen LogP contribution in [0.5, 0.6) is 5.75 Å². The average molecular weight is 491 g/mol. The van der Waals surface area contributed by atoms with E-state index in [2.05, 4.69) is 10.4 Å². The second-order valence-electron chi connectivity index (χ2n) is 6.85. The van der Waals surface area contributed by atoms with Crippen LogP contribution in [-0.4, -0.2) is 36.9 Å². The van der Waals surface area contributed by atoms with Crippen molar-refractivity contribution in [1.82, 2.24) is 0 Å². The van der Waals surface area contributed by atoms with Crippen LogP contribution < -0.4 is 0 Å². The van der Waals surface area contributed by atoms with Crippen molar-refractivity contribution < 1.29 is 31.8 Å². The lowest BCUT2D eigenvalue weighted by molar-refractivity contribution is 0.0526. The molecule has 0 aliphatic heterocycles. The zero-order valence-corrected chi connectivity index (χ0v) is 20.0. The van der Waals surface area contributed by atoms with Crippen LogP contribution in [0.25, 0.3) is 0 Å². The van der Waals surface area contributed by atoms with Crippen LogP contribution in [0.15, 0.2) is 83.8 Å². The maximum absolute atomic E-state index is 11.6. The van der Waals surface area contributed by atoms with Crippen LogP contribution in [-0.2, 0) is 42.6 Å². The highest BCUT2D eigenvalue weighted by Gasteiger charge is 2.16. The SMILES string of the molecule is CCOC(=O)c1ccc(C[S+](C)c2ccc(O)cc2)cc1.O=S(=O)([O-])OCc1ccccc1. The third kappa shape index (κ3) is 10.1. The Bertz CT molecular complexity index is 1100. The number of hydrogen-bond donors (Lipinski definition) is 1. The number of ether oxygens (including phenoxy) is 1. The van der Waals surface area contributed by atoms with E-state index >= 15 is 0 Å². The Hall–Kier alpha value is -2.85. The molecule has 0 aliphatic rings. The van der Waals surface area contributed by atoms with Crippen LogP contribution in [0, 0.1) is 0 Å². The highest BCUT2D eigenvalue weighted by Crippen LogP contribution is 2.20. The minimum absolute atomic E-state index is 0.0593. The summed E-state index contributed by atoms with van der Waals surface area (Å²) in [6, 6.07) is 23.5. The fraction of sp³-hybridized carbons (Fsp3) is 0.208. The first kappa shape index (κ1) is 26.4. The van der Waals surface area contributed by atoms with E-state index in [4.69, 9.17) is 4.74 Å². The summed E-state index contributed by atoms with van der Waals surface area (Å²) in [7, 11) is -4.51. The van der Waals surface area contributed by atoms with Crippen LogP contribution in [0.1, 0.15) is 28.4 Å². The van der Waals surface area contributed by atoms with E-state index in [9.17, 15) is 22.9 Å². The average Bonchev–Trinajstić information content (AvgIpc) is 2.79. The van der Waals surface area contributed by atoms with Gasteiger partial charge in [0.05, 0.1) is 18.8 Å². The molecule has 9 heteroatoms. The second kappa shape index (κ2) is 13.0. The van der Waals surface area contributed by atoms with Crippen molar-refractivity contribution in [2.45, 2.75) is 24.2 Å². The number of benzene rings is 3. The van der Waals surface area contributed by atoms with Gasteiger partial charge in [-0.2, -0.15) is 0 Å². The van der Waals surface area contributed by atoms with Crippen molar-refractivity contribution >= 4 is 27.3 Å². The minimum atomic E-state index is -4.57. The molecular weight excluding hydrogens is 464 g/mol. The maximum Gasteiger partial charge on any atom is 0.338 e. The number of carbonyl (C=O) groups excluding carboxylic acids is 1. The van der Waals surface area contributed by atoms with E-state index in [0.29, 0.717) is 17.7 Å². The predicted molar refractivity (Wildman–Crippen MR) is 127 cm³/mol. The summed E-state index contributed by atoms with van der Waals surface area (Å²) in [5.41, 5.74) is 2.42. The molecule has 33 heavy (non-hydrogen) atoms. The lowest BCUT2D eigenvalue weighted by atomic mass is 10.1. The Balaban J connectivity index is 0.000000273. The number of phenols is 1. The standard InChI is InChI=1S/C17H18O3S.C7H8O4S/c1-3-20-17(19)14-6-4-13(5-7-14)12-21(2)16-10-8-15(18)9-11-16;8-12(9,10)11-6-7-4-2-1-3-5-7/h4-11H,3,12H2,1-2H3;1-5H,6H2,(H,8,9,10). The summed E-state index contributed by atoms with van der Waals surface area (Å²) in [6.07, 6.45) is 2.17. The zero-order chi connectivity index (χ0) is 24.3. The number of esters is 1. The molecule has 3 rings (SSSR count). The first-order valence-corrected chi connectivity index (χ1v) is 13.1. The Morgan fingerprint density at radius 2 is 1.55 bits per heavy atom. The van der Waals surface area contributed by atoms with Gasteiger partial charge >= 0.3 is 5.97 Å². The highest BCUT2D eigenvalue weighted by molar-refractivity contribution is 7.95. The Kier molecular flexibility index (Phi) is 10.4. The molecule has 0 spiro atoms. The third-order valence-electron chi connectivity index (χ3n) is 4.30. The van der Waals surface area contributed by atoms with Crippen LogP contribution in [0.2, 0.25) is 0 Å². The van der Waals surface area contributed by atoms with Crippen molar-refractivity contribution in [1.29, 1.82) is 0 Å². The topological polar surface area (TPSA) is 113 Å². The summed E-state index contributed by atoms with van der Waals surface area (Å²) in [5, 5.41) is 9.31. The molecule has 1 atom stereocenters. The van der Waals surface area contributed by atoms with Gasteiger partial charge in [-0.3, -0.25) is 4.18 Å². The van der Waals surface area contributed by atoms with E-state index in [-0.39, 0.29) is 29.2 Å². The molecule has 0 fully saturated rings. The Morgan fingerprint density at radius 3 is 2.09 bits per heavy atom. The number of rotatable bonds is 8. The molecule has 0 radical (unpaired) electrons. The smallest absolute Gasteiger partial charge is 0.338 e. The second-order valence-corrected chi connectivity index (χ2v) is 9.94. The summed E-state index contributed by atoms with van der Waals surface area (Å²) < 4.78 is 39.1. The molecule has 3 aromatic rings. The molecule has 0 bridgehead atoms. The van der Waals surface area contributed by atoms with E-state index < -0.39 is 10.4 Å². The molecule has 0 aliphatic carbocycles. The third-order valence-corrected chi connectivity index (χ3v) is 6.55.